The third-order valence-electron chi connectivity index (χ3n) is 3.51. The molecule has 1 heterocycles. The Kier molecular flexibility index (Phi) is 4.43. The van der Waals surface area contributed by atoms with Gasteiger partial charge in [-0.2, -0.15) is 0 Å². The fourth-order valence-corrected chi connectivity index (χ4v) is 4.42. The van der Waals surface area contributed by atoms with Crippen molar-refractivity contribution in [1.29, 1.82) is 0 Å². The SMILES string of the molecule is CCCCc1cc2ccc(C(C)C)cc2[s+]1C(F)(F)F. The van der Waals surface area contributed by atoms with Gasteiger partial charge in [-0.25, -0.2) is 0 Å². The first-order chi connectivity index (χ1) is 9.34. The highest BCUT2D eigenvalue weighted by molar-refractivity contribution is 7.38. The number of hydrogen-bond acceptors (Lipinski definition) is 0. The molecule has 0 spiro atoms. The fraction of sp³-hybridized carbons (Fsp3) is 0.500. The molecule has 4 heteroatoms. The second kappa shape index (κ2) is 5.76. The molecule has 0 aliphatic carbocycles. The zero-order valence-electron chi connectivity index (χ0n) is 12.1. The van der Waals surface area contributed by atoms with Gasteiger partial charge < -0.3 is 0 Å². The molecule has 2 aromatic rings. The molecule has 0 bridgehead atoms. The molecule has 20 heavy (non-hydrogen) atoms. The lowest BCUT2D eigenvalue weighted by Gasteiger charge is -2.04. The molecule has 1 aromatic carbocycles. The molecule has 0 saturated heterocycles. The van der Waals surface area contributed by atoms with Crippen molar-refractivity contribution in [2.24, 2.45) is 0 Å². The largest absolute Gasteiger partial charge is 0.600 e. The maximum atomic E-state index is 13.4. The highest BCUT2D eigenvalue weighted by Gasteiger charge is 2.47. The van der Waals surface area contributed by atoms with Gasteiger partial charge >= 0.3 is 5.51 Å². The number of halogens is 3. The molecular weight excluding hydrogens is 281 g/mol. The number of alkyl halides is 3. The first-order valence-corrected chi connectivity index (χ1v) is 8.22. The lowest BCUT2D eigenvalue weighted by Crippen LogP contribution is -1.98. The molecule has 0 fully saturated rings. The summed E-state index contributed by atoms with van der Waals surface area (Å²) < 4.78 is 40.7. The Hall–Kier alpha value is -1.03. The Labute approximate surface area is 120 Å². The summed E-state index contributed by atoms with van der Waals surface area (Å²) in [5.41, 5.74) is -3.18. The number of aryl methyl sites for hydroxylation is 1. The third kappa shape index (κ3) is 3.00. The summed E-state index contributed by atoms with van der Waals surface area (Å²) in [4.78, 5) is 0.551. The zero-order chi connectivity index (χ0) is 14.9. The summed E-state index contributed by atoms with van der Waals surface area (Å²) in [6, 6.07) is 7.30. The number of unbranched alkanes of at least 4 members (excludes halogenated alkanes) is 1. The van der Waals surface area contributed by atoms with Crippen LogP contribution in [0.2, 0.25) is 0 Å². The molecule has 0 N–H and O–H groups in total. The molecule has 0 aliphatic heterocycles. The highest BCUT2D eigenvalue weighted by Crippen LogP contribution is 2.51. The minimum Gasteiger partial charge on any atom is -0.118 e. The van der Waals surface area contributed by atoms with Crippen LogP contribution in [0.4, 0.5) is 13.2 Å². The molecule has 1 atom stereocenters. The van der Waals surface area contributed by atoms with Crippen molar-refractivity contribution < 1.29 is 13.2 Å². The number of fused-ring (bicyclic) bond motifs is 1. The number of benzene rings is 1. The number of hydrogen-bond donors (Lipinski definition) is 0. The molecule has 110 valence electrons. The molecule has 2 rings (SSSR count). The van der Waals surface area contributed by atoms with Gasteiger partial charge in [-0.3, -0.25) is 0 Å². The zero-order valence-corrected chi connectivity index (χ0v) is 12.9. The van der Waals surface area contributed by atoms with Crippen LogP contribution in [0.5, 0.6) is 0 Å². The Balaban J connectivity index is 2.62. The summed E-state index contributed by atoms with van der Waals surface area (Å²) in [6.45, 7) is 6.02. The number of rotatable bonds is 4. The quantitative estimate of drug-likeness (QED) is 0.563. The smallest absolute Gasteiger partial charge is 0.118 e. The lowest BCUT2D eigenvalue weighted by molar-refractivity contribution is -0.0867. The highest BCUT2D eigenvalue weighted by atomic mass is 32.2. The Morgan fingerprint density at radius 1 is 1.15 bits per heavy atom. The Morgan fingerprint density at radius 2 is 1.85 bits per heavy atom. The van der Waals surface area contributed by atoms with Crippen LogP contribution in [0, 0.1) is 0 Å². The van der Waals surface area contributed by atoms with Crippen LogP contribution in [0.1, 0.15) is 50.0 Å². The van der Waals surface area contributed by atoms with Crippen LogP contribution in [0.25, 0.3) is 10.1 Å². The van der Waals surface area contributed by atoms with Crippen molar-refractivity contribution in [3.05, 3.63) is 34.7 Å². The molecular formula is C16H20F3S+. The monoisotopic (exact) mass is 301 g/mol. The van der Waals surface area contributed by atoms with Crippen LogP contribution in [0.15, 0.2) is 24.3 Å². The first-order valence-electron chi connectivity index (χ1n) is 7.00. The van der Waals surface area contributed by atoms with Crippen LogP contribution in [-0.2, 0) is 11.9 Å². The predicted octanol–water partition coefficient (Wildman–Crippen LogP) is 6.53. The Bertz CT molecular complexity index is 594. The first kappa shape index (κ1) is 15.4. The van der Waals surface area contributed by atoms with Crippen LogP contribution >= 0.6 is 10.5 Å². The maximum Gasteiger partial charge on any atom is 0.600 e. The van der Waals surface area contributed by atoms with Gasteiger partial charge in [0.25, 0.3) is 0 Å². The Morgan fingerprint density at radius 3 is 2.40 bits per heavy atom. The molecule has 0 nitrogen and oxygen atoms in total. The van der Waals surface area contributed by atoms with E-state index < -0.39 is 16.0 Å². The van der Waals surface area contributed by atoms with Crippen molar-refractivity contribution >= 4 is 20.6 Å². The van der Waals surface area contributed by atoms with E-state index in [0.717, 1.165) is 23.8 Å². The minimum absolute atomic E-state index is 0.249. The van der Waals surface area contributed by atoms with Gasteiger partial charge in [0.2, 0.25) is 0 Å². The van der Waals surface area contributed by atoms with Gasteiger partial charge in [-0.05, 0) is 24.0 Å². The van der Waals surface area contributed by atoms with E-state index >= 15 is 0 Å². The van der Waals surface area contributed by atoms with E-state index in [-0.39, 0.29) is 5.92 Å². The van der Waals surface area contributed by atoms with E-state index in [1.807, 2.05) is 32.9 Å². The van der Waals surface area contributed by atoms with Gasteiger partial charge in [0.15, 0.2) is 9.58 Å². The van der Waals surface area contributed by atoms with Gasteiger partial charge in [0.1, 0.15) is 0 Å². The van der Waals surface area contributed by atoms with E-state index in [9.17, 15) is 13.2 Å². The van der Waals surface area contributed by atoms with E-state index in [1.165, 1.54) is 0 Å². The van der Waals surface area contributed by atoms with Gasteiger partial charge in [-0.1, -0.05) is 33.3 Å². The summed E-state index contributed by atoms with van der Waals surface area (Å²) in [6.07, 6.45) is 2.28. The fourth-order valence-electron chi connectivity index (χ4n) is 2.38. The van der Waals surface area contributed by atoms with Crippen LogP contribution < -0.4 is 0 Å². The predicted molar refractivity (Wildman–Crippen MR) is 80.4 cm³/mol. The average Bonchev–Trinajstić information content (AvgIpc) is 2.72. The minimum atomic E-state index is -4.17. The number of thiophene rings is 1. The van der Waals surface area contributed by atoms with Gasteiger partial charge in [0, 0.05) is 23.9 Å². The van der Waals surface area contributed by atoms with Crippen molar-refractivity contribution in [2.45, 2.75) is 51.5 Å². The van der Waals surface area contributed by atoms with Crippen LogP contribution in [0.3, 0.4) is 0 Å². The summed E-state index contributed by atoms with van der Waals surface area (Å²) in [7, 11) is -1.72. The third-order valence-corrected chi connectivity index (χ3v) is 5.61. The van der Waals surface area contributed by atoms with Crippen molar-refractivity contribution in [1.82, 2.24) is 0 Å². The molecule has 0 amide bonds. The van der Waals surface area contributed by atoms with Crippen molar-refractivity contribution in [3.8, 4) is 0 Å². The molecule has 0 saturated carbocycles. The van der Waals surface area contributed by atoms with E-state index in [2.05, 4.69) is 0 Å². The van der Waals surface area contributed by atoms with Crippen molar-refractivity contribution in [3.63, 3.8) is 0 Å². The summed E-state index contributed by atoms with van der Waals surface area (Å²) >= 11 is 0. The lowest BCUT2D eigenvalue weighted by atomic mass is 10.0. The van der Waals surface area contributed by atoms with E-state index in [1.54, 1.807) is 12.1 Å². The maximum absolute atomic E-state index is 13.4. The van der Waals surface area contributed by atoms with E-state index in [0.29, 0.717) is 16.0 Å². The molecule has 1 aromatic heterocycles. The standard InChI is InChI=1S/C16H20F3S/c1-4-5-6-14-9-13-8-7-12(11(2)3)10-15(13)20(14)16(17,18)19/h7-11H,4-6H2,1-3H3/q+1. The molecule has 0 aliphatic rings. The van der Waals surface area contributed by atoms with Gasteiger partial charge in [-0.15, -0.1) is 13.2 Å². The normalized spacial score (nSPS) is 13.4. The summed E-state index contributed by atoms with van der Waals surface area (Å²) in [5, 5.41) is 0.751. The van der Waals surface area contributed by atoms with Crippen molar-refractivity contribution in [2.75, 3.05) is 0 Å². The van der Waals surface area contributed by atoms with E-state index in [4.69, 9.17) is 0 Å². The molecule has 0 radical (unpaired) electrons. The van der Waals surface area contributed by atoms with Crippen LogP contribution in [-0.4, -0.2) is 0 Å². The second-order valence-electron chi connectivity index (χ2n) is 5.42. The molecule has 1 unspecified atom stereocenters. The topological polar surface area (TPSA) is 0 Å². The second-order valence-corrected chi connectivity index (χ2v) is 7.46. The van der Waals surface area contributed by atoms with Gasteiger partial charge in [0.05, 0.1) is 10.5 Å². The average molecular weight is 301 g/mol. The summed E-state index contributed by atoms with van der Waals surface area (Å²) in [5.74, 6) is 0.249.